The molecule has 4 nitrogen and oxygen atoms in total. The molecule has 0 bridgehead atoms. The molecule has 1 N–H and O–H groups in total. The quantitative estimate of drug-likeness (QED) is 0.745. The first-order valence-corrected chi connectivity index (χ1v) is 5.83. The molecular formula is C11H20N2O2. The normalized spacial score (nSPS) is 30.1. The van der Waals surface area contributed by atoms with Crippen molar-refractivity contribution in [2.24, 2.45) is 0 Å². The molecule has 15 heavy (non-hydrogen) atoms. The van der Waals surface area contributed by atoms with Crippen molar-refractivity contribution in [3.8, 4) is 0 Å². The van der Waals surface area contributed by atoms with Gasteiger partial charge in [0.05, 0.1) is 6.42 Å². The first-order chi connectivity index (χ1) is 7.16. The number of hydrogen-bond donors (Lipinski definition) is 1. The summed E-state index contributed by atoms with van der Waals surface area (Å²) in [5.41, 5.74) is 0. The Labute approximate surface area is 90.9 Å². The Balaban J connectivity index is 1.95. The summed E-state index contributed by atoms with van der Waals surface area (Å²) in [5.74, 6) is -0.667. The van der Waals surface area contributed by atoms with Gasteiger partial charge in [-0.1, -0.05) is 6.42 Å². The first-order valence-electron chi connectivity index (χ1n) is 5.83. The predicted octanol–water partition coefficient (Wildman–Crippen LogP) is 0.630. The molecule has 0 amide bonds. The lowest BCUT2D eigenvalue weighted by atomic mass is 9.89. The Morgan fingerprint density at radius 2 is 2.13 bits per heavy atom. The summed E-state index contributed by atoms with van der Waals surface area (Å²) < 4.78 is 0. The van der Waals surface area contributed by atoms with E-state index in [0.29, 0.717) is 12.5 Å². The maximum Gasteiger partial charge on any atom is 0.304 e. The van der Waals surface area contributed by atoms with Crippen molar-refractivity contribution >= 4 is 5.97 Å². The Morgan fingerprint density at radius 1 is 1.40 bits per heavy atom. The molecule has 0 spiro atoms. The zero-order valence-electron chi connectivity index (χ0n) is 9.35. The third-order valence-corrected chi connectivity index (χ3v) is 3.69. The third-order valence-electron chi connectivity index (χ3n) is 3.69. The summed E-state index contributed by atoms with van der Waals surface area (Å²) in [6.07, 6.45) is 4.14. The monoisotopic (exact) mass is 212 g/mol. The minimum absolute atomic E-state index is 0.228. The maximum atomic E-state index is 10.8. The number of carboxylic acids is 1. The number of aliphatic carboxylic acids is 1. The van der Waals surface area contributed by atoms with Gasteiger partial charge in [-0.05, 0) is 19.9 Å². The molecule has 1 saturated heterocycles. The van der Waals surface area contributed by atoms with Crippen LogP contribution in [0.25, 0.3) is 0 Å². The number of nitrogens with zero attached hydrogens (tertiary/aromatic N) is 2. The fourth-order valence-corrected chi connectivity index (χ4v) is 2.61. The highest BCUT2D eigenvalue weighted by molar-refractivity contribution is 5.67. The van der Waals surface area contributed by atoms with E-state index in [-0.39, 0.29) is 6.04 Å². The molecule has 0 aromatic rings. The number of rotatable bonds is 3. The van der Waals surface area contributed by atoms with Gasteiger partial charge in [-0.2, -0.15) is 0 Å². The molecule has 2 fully saturated rings. The lowest BCUT2D eigenvalue weighted by Crippen LogP contribution is -2.57. The highest BCUT2D eigenvalue weighted by Crippen LogP contribution is 2.28. The molecule has 1 unspecified atom stereocenters. The summed E-state index contributed by atoms with van der Waals surface area (Å²) >= 11 is 0. The second kappa shape index (κ2) is 4.49. The smallest absolute Gasteiger partial charge is 0.304 e. The van der Waals surface area contributed by atoms with Crippen LogP contribution in [0.4, 0.5) is 0 Å². The number of carboxylic acid groups (broad SMARTS) is 1. The standard InChI is InChI=1S/C11H20N2O2/c1-12-5-6-13(9-3-2-4-9)10(8-12)7-11(14)15/h9-10H,2-8H2,1H3,(H,14,15). The number of likely N-dealkylation sites (N-methyl/N-ethyl adjacent to an activating group) is 1. The summed E-state index contributed by atoms with van der Waals surface area (Å²) in [6.45, 7) is 3.02. The SMILES string of the molecule is CN1CCN(C2CCC2)C(CC(=O)O)C1. The average Bonchev–Trinajstić information content (AvgIpc) is 2.05. The number of hydrogen-bond acceptors (Lipinski definition) is 3. The van der Waals surface area contributed by atoms with Gasteiger partial charge in [-0.25, -0.2) is 0 Å². The molecule has 0 radical (unpaired) electrons. The van der Waals surface area contributed by atoms with Gasteiger partial charge in [0.1, 0.15) is 0 Å². The zero-order chi connectivity index (χ0) is 10.8. The highest BCUT2D eigenvalue weighted by Gasteiger charge is 2.34. The molecule has 1 aliphatic carbocycles. The largest absolute Gasteiger partial charge is 0.481 e. The van der Waals surface area contributed by atoms with Crippen LogP contribution in [0.5, 0.6) is 0 Å². The van der Waals surface area contributed by atoms with Crippen LogP contribution in [0.15, 0.2) is 0 Å². The van der Waals surface area contributed by atoms with E-state index in [2.05, 4.69) is 16.8 Å². The predicted molar refractivity (Wildman–Crippen MR) is 57.9 cm³/mol. The molecule has 2 rings (SSSR count). The van der Waals surface area contributed by atoms with E-state index in [0.717, 1.165) is 19.6 Å². The van der Waals surface area contributed by atoms with E-state index in [9.17, 15) is 4.79 Å². The van der Waals surface area contributed by atoms with E-state index in [1.807, 2.05) is 0 Å². The molecule has 0 aromatic carbocycles. The fourth-order valence-electron chi connectivity index (χ4n) is 2.61. The molecule has 1 heterocycles. The minimum Gasteiger partial charge on any atom is -0.481 e. The van der Waals surface area contributed by atoms with E-state index in [1.165, 1.54) is 19.3 Å². The lowest BCUT2D eigenvalue weighted by Gasteiger charge is -2.47. The van der Waals surface area contributed by atoms with Crippen molar-refractivity contribution in [2.45, 2.75) is 37.8 Å². The van der Waals surface area contributed by atoms with Crippen LogP contribution in [-0.4, -0.2) is 59.6 Å². The molecule has 1 atom stereocenters. The van der Waals surface area contributed by atoms with Crippen molar-refractivity contribution in [2.75, 3.05) is 26.7 Å². The lowest BCUT2D eigenvalue weighted by molar-refractivity contribution is -0.139. The summed E-state index contributed by atoms with van der Waals surface area (Å²) in [7, 11) is 2.08. The van der Waals surface area contributed by atoms with Gasteiger partial charge in [0, 0.05) is 31.7 Å². The first kappa shape index (κ1) is 10.9. The topological polar surface area (TPSA) is 43.8 Å². The average molecular weight is 212 g/mol. The van der Waals surface area contributed by atoms with E-state index in [4.69, 9.17) is 5.11 Å². The molecule has 86 valence electrons. The fraction of sp³-hybridized carbons (Fsp3) is 0.909. The van der Waals surface area contributed by atoms with Gasteiger partial charge in [-0.15, -0.1) is 0 Å². The van der Waals surface area contributed by atoms with Crippen LogP contribution < -0.4 is 0 Å². The Hall–Kier alpha value is -0.610. The van der Waals surface area contributed by atoms with Crippen molar-refractivity contribution in [3.63, 3.8) is 0 Å². The van der Waals surface area contributed by atoms with Crippen molar-refractivity contribution in [3.05, 3.63) is 0 Å². The third kappa shape index (κ3) is 2.49. The van der Waals surface area contributed by atoms with Crippen LogP contribution in [0, 0.1) is 0 Å². The van der Waals surface area contributed by atoms with Crippen LogP contribution in [0.3, 0.4) is 0 Å². The molecular weight excluding hydrogens is 192 g/mol. The molecule has 1 saturated carbocycles. The van der Waals surface area contributed by atoms with Crippen molar-refractivity contribution in [1.82, 2.24) is 9.80 Å². The van der Waals surface area contributed by atoms with Gasteiger partial charge >= 0.3 is 5.97 Å². The van der Waals surface area contributed by atoms with Crippen molar-refractivity contribution < 1.29 is 9.90 Å². The second-order valence-electron chi connectivity index (χ2n) is 4.84. The second-order valence-corrected chi connectivity index (χ2v) is 4.84. The van der Waals surface area contributed by atoms with Crippen LogP contribution in [0.1, 0.15) is 25.7 Å². The molecule has 4 heteroatoms. The van der Waals surface area contributed by atoms with E-state index >= 15 is 0 Å². The van der Waals surface area contributed by atoms with Gasteiger partial charge in [0.25, 0.3) is 0 Å². The van der Waals surface area contributed by atoms with E-state index in [1.54, 1.807) is 0 Å². The number of piperazine rings is 1. The molecule has 2 aliphatic rings. The van der Waals surface area contributed by atoms with Gasteiger partial charge in [0.15, 0.2) is 0 Å². The number of carbonyl (C=O) groups is 1. The zero-order valence-corrected chi connectivity index (χ0v) is 9.35. The Morgan fingerprint density at radius 3 is 2.67 bits per heavy atom. The summed E-state index contributed by atoms with van der Waals surface area (Å²) in [4.78, 5) is 15.5. The van der Waals surface area contributed by atoms with Crippen LogP contribution in [0.2, 0.25) is 0 Å². The Bertz CT molecular complexity index is 241. The van der Waals surface area contributed by atoms with Gasteiger partial charge in [0.2, 0.25) is 0 Å². The van der Waals surface area contributed by atoms with Gasteiger partial charge < -0.3 is 10.0 Å². The summed E-state index contributed by atoms with van der Waals surface area (Å²) in [6, 6.07) is 0.898. The highest BCUT2D eigenvalue weighted by atomic mass is 16.4. The van der Waals surface area contributed by atoms with Crippen LogP contribution >= 0.6 is 0 Å². The van der Waals surface area contributed by atoms with Crippen molar-refractivity contribution in [1.29, 1.82) is 0 Å². The maximum absolute atomic E-state index is 10.8. The Kier molecular flexibility index (Phi) is 3.26. The minimum atomic E-state index is -0.667. The molecule has 1 aliphatic heterocycles. The van der Waals surface area contributed by atoms with E-state index < -0.39 is 5.97 Å². The van der Waals surface area contributed by atoms with Gasteiger partial charge in [-0.3, -0.25) is 9.69 Å². The summed E-state index contributed by atoms with van der Waals surface area (Å²) in [5, 5.41) is 8.90. The molecule has 0 aromatic heterocycles. The van der Waals surface area contributed by atoms with Crippen LogP contribution in [-0.2, 0) is 4.79 Å².